The maximum atomic E-state index is 11.3. The summed E-state index contributed by atoms with van der Waals surface area (Å²) in [6.07, 6.45) is 2.43. The molecule has 0 bridgehead atoms. The van der Waals surface area contributed by atoms with Crippen molar-refractivity contribution >= 4 is 12.5 Å². The van der Waals surface area contributed by atoms with Gasteiger partial charge in [-0.3, -0.25) is 9.79 Å². The van der Waals surface area contributed by atoms with Gasteiger partial charge in [-0.05, 0) is 32.1 Å². The first-order valence-electron chi connectivity index (χ1n) is 4.05. The SMILES string of the molecule is C=NC1=C(C(=C)C)CCCC1=O. The van der Waals surface area contributed by atoms with E-state index in [9.17, 15) is 4.79 Å². The summed E-state index contributed by atoms with van der Waals surface area (Å²) in [5, 5.41) is 0. The molecule has 0 fully saturated rings. The third kappa shape index (κ3) is 1.52. The fourth-order valence-corrected chi connectivity index (χ4v) is 1.43. The van der Waals surface area contributed by atoms with Gasteiger partial charge in [0.2, 0.25) is 0 Å². The van der Waals surface area contributed by atoms with Gasteiger partial charge in [-0.1, -0.05) is 12.2 Å². The fraction of sp³-hybridized carbons (Fsp3) is 0.400. The fourth-order valence-electron chi connectivity index (χ4n) is 1.43. The lowest BCUT2D eigenvalue weighted by atomic mass is 9.91. The maximum absolute atomic E-state index is 11.3. The molecule has 1 aliphatic carbocycles. The number of allylic oxidation sites excluding steroid dienone is 3. The van der Waals surface area contributed by atoms with Gasteiger partial charge < -0.3 is 0 Å². The molecule has 0 aliphatic heterocycles. The van der Waals surface area contributed by atoms with Gasteiger partial charge in [0.05, 0.1) is 0 Å². The van der Waals surface area contributed by atoms with Crippen LogP contribution in [0.15, 0.2) is 28.4 Å². The Morgan fingerprint density at radius 1 is 1.50 bits per heavy atom. The number of ketones is 1. The van der Waals surface area contributed by atoms with Crippen LogP contribution in [0.3, 0.4) is 0 Å². The number of Topliss-reactive ketones (excluding diaryl/α,β-unsaturated/α-hetero) is 1. The van der Waals surface area contributed by atoms with Gasteiger partial charge >= 0.3 is 0 Å². The van der Waals surface area contributed by atoms with E-state index in [-0.39, 0.29) is 5.78 Å². The van der Waals surface area contributed by atoms with Crippen molar-refractivity contribution in [1.82, 2.24) is 0 Å². The summed E-state index contributed by atoms with van der Waals surface area (Å²) >= 11 is 0. The number of rotatable bonds is 2. The van der Waals surface area contributed by atoms with Crippen molar-refractivity contribution in [3.63, 3.8) is 0 Å². The van der Waals surface area contributed by atoms with Crippen molar-refractivity contribution in [3.8, 4) is 0 Å². The van der Waals surface area contributed by atoms with Crippen LogP contribution < -0.4 is 0 Å². The highest BCUT2D eigenvalue weighted by Gasteiger charge is 2.19. The molecule has 1 rings (SSSR count). The molecule has 0 amide bonds. The Bertz CT molecular complexity index is 274. The summed E-state index contributed by atoms with van der Waals surface area (Å²) in [6.45, 7) is 9.11. The second kappa shape index (κ2) is 3.48. The van der Waals surface area contributed by atoms with E-state index in [4.69, 9.17) is 0 Å². The standard InChI is InChI=1S/C10H13NO/c1-7(2)8-5-4-6-9(12)10(8)11-3/h1,3-6H2,2H3. The van der Waals surface area contributed by atoms with Gasteiger partial charge in [-0.25, -0.2) is 0 Å². The number of carbonyl (C=O) groups is 1. The molecule has 0 saturated carbocycles. The molecule has 12 heavy (non-hydrogen) atoms. The smallest absolute Gasteiger partial charge is 0.181 e. The number of hydrogen-bond donors (Lipinski definition) is 0. The zero-order valence-corrected chi connectivity index (χ0v) is 7.39. The third-order valence-corrected chi connectivity index (χ3v) is 2.05. The van der Waals surface area contributed by atoms with Crippen molar-refractivity contribution < 1.29 is 4.79 Å². The highest BCUT2D eigenvalue weighted by molar-refractivity contribution is 5.97. The molecule has 0 atom stereocenters. The van der Waals surface area contributed by atoms with E-state index < -0.39 is 0 Å². The van der Waals surface area contributed by atoms with E-state index in [0.717, 1.165) is 24.0 Å². The molecule has 64 valence electrons. The average molecular weight is 163 g/mol. The number of carbonyl (C=O) groups excluding carboxylic acids is 1. The Morgan fingerprint density at radius 3 is 2.58 bits per heavy atom. The first-order chi connectivity index (χ1) is 5.66. The minimum absolute atomic E-state index is 0.106. The summed E-state index contributed by atoms with van der Waals surface area (Å²) in [6, 6.07) is 0. The summed E-state index contributed by atoms with van der Waals surface area (Å²) in [5.41, 5.74) is 2.46. The molecule has 0 saturated heterocycles. The highest BCUT2D eigenvalue weighted by atomic mass is 16.1. The van der Waals surface area contributed by atoms with Gasteiger partial charge in [-0.2, -0.15) is 0 Å². The van der Waals surface area contributed by atoms with Gasteiger partial charge in [0, 0.05) is 6.42 Å². The molecule has 0 unspecified atom stereocenters. The second-order valence-corrected chi connectivity index (χ2v) is 3.04. The molecule has 0 aromatic heterocycles. The predicted molar refractivity (Wildman–Crippen MR) is 50.2 cm³/mol. The molecule has 2 heteroatoms. The Labute approximate surface area is 72.7 Å². The Balaban J connectivity index is 3.10. The van der Waals surface area contributed by atoms with Crippen LogP contribution in [0, 0.1) is 0 Å². The first-order valence-corrected chi connectivity index (χ1v) is 4.05. The van der Waals surface area contributed by atoms with Crippen LogP contribution in [0.1, 0.15) is 26.2 Å². The molecule has 2 nitrogen and oxygen atoms in total. The van der Waals surface area contributed by atoms with Gasteiger partial charge in [0.25, 0.3) is 0 Å². The highest BCUT2D eigenvalue weighted by Crippen LogP contribution is 2.26. The van der Waals surface area contributed by atoms with Crippen LogP contribution >= 0.6 is 0 Å². The summed E-state index contributed by atoms with van der Waals surface area (Å²) < 4.78 is 0. The topological polar surface area (TPSA) is 29.4 Å². The molecule has 0 N–H and O–H groups in total. The Kier molecular flexibility index (Phi) is 2.58. The maximum Gasteiger partial charge on any atom is 0.181 e. The van der Waals surface area contributed by atoms with Crippen molar-refractivity contribution in [2.75, 3.05) is 0 Å². The minimum atomic E-state index is 0.106. The summed E-state index contributed by atoms with van der Waals surface area (Å²) in [7, 11) is 0. The molecule has 0 aromatic rings. The van der Waals surface area contributed by atoms with Gasteiger partial charge in [0.15, 0.2) is 5.78 Å². The van der Waals surface area contributed by atoms with E-state index >= 15 is 0 Å². The first kappa shape index (κ1) is 8.91. The average Bonchev–Trinajstić information content (AvgIpc) is 2.03. The lowest BCUT2D eigenvalue weighted by molar-refractivity contribution is -0.116. The molecule has 0 spiro atoms. The summed E-state index contributed by atoms with van der Waals surface area (Å²) in [5.74, 6) is 0.106. The van der Waals surface area contributed by atoms with E-state index in [1.165, 1.54) is 0 Å². The van der Waals surface area contributed by atoms with Crippen LogP contribution in [-0.4, -0.2) is 12.5 Å². The number of aliphatic imine (C=N–C) groups is 1. The Morgan fingerprint density at radius 2 is 2.17 bits per heavy atom. The van der Waals surface area contributed by atoms with Crippen LogP contribution in [-0.2, 0) is 4.79 Å². The molecular formula is C10H13NO. The normalized spacial score (nSPS) is 17.9. The van der Waals surface area contributed by atoms with E-state index in [1.54, 1.807) is 0 Å². The quantitative estimate of drug-likeness (QED) is 0.574. The van der Waals surface area contributed by atoms with Gasteiger partial charge in [-0.15, -0.1) is 0 Å². The summed E-state index contributed by atoms with van der Waals surface area (Å²) in [4.78, 5) is 15.1. The van der Waals surface area contributed by atoms with Crippen molar-refractivity contribution in [2.45, 2.75) is 26.2 Å². The second-order valence-electron chi connectivity index (χ2n) is 3.04. The number of hydrogen-bond acceptors (Lipinski definition) is 2. The van der Waals surface area contributed by atoms with Crippen molar-refractivity contribution in [2.24, 2.45) is 4.99 Å². The molecule has 0 heterocycles. The molecule has 0 radical (unpaired) electrons. The zero-order valence-electron chi connectivity index (χ0n) is 7.39. The minimum Gasteiger partial charge on any atom is -0.292 e. The largest absolute Gasteiger partial charge is 0.292 e. The van der Waals surface area contributed by atoms with Gasteiger partial charge in [0.1, 0.15) is 5.70 Å². The molecule has 1 aliphatic rings. The van der Waals surface area contributed by atoms with Crippen LogP contribution in [0.4, 0.5) is 0 Å². The van der Waals surface area contributed by atoms with Crippen LogP contribution in [0.25, 0.3) is 0 Å². The number of nitrogens with zero attached hydrogens (tertiary/aromatic N) is 1. The lowest BCUT2D eigenvalue weighted by Crippen LogP contribution is -2.10. The Hall–Kier alpha value is -1.18. The predicted octanol–water partition coefficient (Wildman–Crippen LogP) is 2.27. The molecular weight excluding hydrogens is 150 g/mol. The van der Waals surface area contributed by atoms with E-state index in [2.05, 4.69) is 18.3 Å². The van der Waals surface area contributed by atoms with E-state index in [0.29, 0.717) is 12.1 Å². The monoisotopic (exact) mass is 163 g/mol. The van der Waals surface area contributed by atoms with Crippen molar-refractivity contribution in [3.05, 3.63) is 23.4 Å². The van der Waals surface area contributed by atoms with Crippen LogP contribution in [0.5, 0.6) is 0 Å². The molecule has 0 aromatic carbocycles. The zero-order chi connectivity index (χ0) is 9.14. The van der Waals surface area contributed by atoms with Crippen LogP contribution in [0.2, 0.25) is 0 Å². The van der Waals surface area contributed by atoms with E-state index in [1.807, 2.05) is 6.92 Å². The van der Waals surface area contributed by atoms with Crippen molar-refractivity contribution in [1.29, 1.82) is 0 Å². The third-order valence-electron chi connectivity index (χ3n) is 2.05. The lowest BCUT2D eigenvalue weighted by Gasteiger charge is -2.15.